The maximum absolute atomic E-state index is 11.7. The van der Waals surface area contributed by atoms with E-state index in [0.29, 0.717) is 0 Å². The average molecular weight is 290 g/mol. The van der Waals surface area contributed by atoms with Crippen molar-refractivity contribution in [2.24, 2.45) is 5.92 Å². The van der Waals surface area contributed by atoms with Crippen LogP contribution in [0.1, 0.15) is 34.6 Å². The molecular weight excluding hydrogens is 262 g/mol. The van der Waals surface area contributed by atoms with Crippen LogP contribution in [-0.2, 0) is 9.22 Å². The van der Waals surface area contributed by atoms with Gasteiger partial charge in [-0.05, 0) is 30.8 Å². The van der Waals surface area contributed by atoms with Crippen molar-refractivity contribution in [2.45, 2.75) is 64.2 Å². The summed E-state index contributed by atoms with van der Waals surface area (Å²) in [6.07, 6.45) is 0.0173. The molecule has 1 aliphatic rings. The third-order valence-corrected chi connectivity index (χ3v) is 9.73. The van der Waals surface area contributed by atoms with Crippen LogP contribution in [0, 0.1) is 5.92 Å². The van der Waals surface area contributed by atoms with Gasteiger partial charge < -0.3 is 9.74 Å². The molecule has 1 amide bonds. The highest BCUT2D eigenvalue weighted by molar-refractivity contribution is 8.00. The maximum atomic E-state index is 11.7. The predicted molar refractivity (Wildman–Crippen MR) is 81.3 cm³/mol. The average Bonchev–Trinajstić information content (AvgIpc) is 2.13. The van der Waals surface area contributed by atoms with Crippen LogP contribution in [0.4, 0.5) is 0 Å². The quantitative estimate of drug-likeness (QED) is 0.624. The zero-order valence-corrected chi connectivity index (χ0v) is 14.5. The summed E-state index contributed by atoms with van der Waals surface area (Å²) in [7, 11) is -1.78. The van der Waals surface area contributed by atoms with Crippen molar-refractivity contribution < 1.29 is 9.22 Å². The number of thioether (sulfide) groups is 1. The van der Waals surface area contributed by atoms with Gasteiger partial charge in [0.25, 0.3) is 0 Å². The highest BCUT2D eigenvalue weighted by atomic mass is 32.2. The molecule has 0 radical (unpaired) electrons. The minimum atomic E-state index is -1.78. The molecule has 3 nitrogen and oxygen atoms in total. The van der Waals surface area contributed by atoms with Crippen molar-refractivity contribution in [1.82, 2.24) is 5.32 Å². The number of nitrogens with one attached hydrogen (secondary N) is 1. The van der Waals surface area contributed by atoms with Crippen molar-refractivity contribution in [1.29, 1.82) is 0 Å². The van der Waals surface area contributed by atoms with Crippen molar-refractivity contribution in [2.75, 3.05) is 5.75 Å². The Morgan fingerprint density at radius 1 is 1.44 bits per heavy atom. The minimum Gasteiger partial charge on any atom is -0.413 e. The lowest BCUT2D eigenvalue weighted by atomic mass is 9.96. The predicted octanol–water partition coefficient (Wildman–Crippen LogP) is 3.22. The molecule has 106 valence electrons. The standard InChI is InChI=1S/C13H27NO2SSi/c1-8-17-12-10(11(15)14-12)9(2)16-18(6,7)13(3,4)5/h9-10,12H,8H2,1-7H3,(H,14,15)/t9-,10+,12-/m1/s1. The second-order valence-corrected chi connectivity index (χ2v) is 12.7. The van der Waals surface area contributed by atoms with E-state index >= 15 is 0 Å². The SMILES string of the molecule is CCS[C@H]1NC(=O)[C@@H]1[C@@H](C)O[Si](C)(C)C(C)(C)C. The number of hydrogen-bond acceptors (Lipinski definition) is 3. The molecule has 1 saturated heterocycles. The number of β-lactam (4-membered cyclic amide) rings is 1. The van der Waals surface area contributed by atoms with Crippen LogP contribution in [0.25, 0.3) is 0 Å². The zero-order valence-electron chi connectivity index (χ0n) is 12.7. The van der Waals surface area contributed by atoms with Crippen LogP contribution >= 0.6 is 11.8 Å². The third kappa shape index (κ3) is 3.30. The van der Waals surface area contributed by atoms with E-state index in [0.717, 1.165) is 5.75 Å². The summed E-state index contributed by atoms with van der Waals surface area (Å²) in [5.41, 5.74) is 0. The smallest absolute Gasteiger partial charge is 0.229 e. The maximum Gasteiger partial charge on any atom is 0.229 e. The minimum absolute atomic E-state index is 0.0173. The highest BCUT2D eigenvalue weighted by Gasteiger charge is 2.47. The van der Waals surface area contributed by atoms with E-state index in [4.69, 9.17) is 4.43 Å². The monoisotopic (exact) mass is 289 g/mol. The Morgan fingerprint density at radius 2 is 2.00 bits per heavy atom. The van der Waals surface area contributed by atoms with Crippen molar-refractivity contribution >= 4 is 26.0 Å². The van der Waals surface area contributed by atoms with Crippen LogP contribution in [0.15, 0.2) is 0 Å². The van der Waals surface area contributed by atoms with Gasteiger partial charge in [-0.15, -0.1) is 11.8 Å². The second kappa shape index (κ2) is 5.55. The Labute approximate surface area is 117 Å². The van der Waals surface area contributed by atoms with Crippen LogP contribution < -0.4 is 5.32 Å². The fourth-order valence-electron chi connectivity index (χ4n) is 1.87. The van der Waals surface area contributed by atoms with Crippen molar-refractivity contribution in [3.8, 4) is 0 Å². The molecule has 1 heterocycles. The largest absolute Gasteiger partial charge is 0.413 e. The van der Waals surface area contributed by atoms with Gasteiger partial charge >= 0.3 is 0 Å². The first-order chi connectivity index (χ1) is 8.10. The lowest BCUT2D eigenvalue weighted by Gasteiger charge is -2.45. The van der Waals surface area contributed by atoms with Crippen LogP contribution in [-0.4, -0.2) is 31.5 Å². The highest BCUT2D eigenvalue weighted by Crippen LogP contribution is 2.39. The first-order valence-corrected chi connectivity index (χ1v) is 10.7. The first kappa shape index (κ1) is 16.1. The van der Waals surface area contributed by atoms with E-state index in [1.165, 1.54) is 0 Å². The molecule has 1 N–H and O–H groups in total. The molecule has 0 aromatic rings. The van der Waals surface area contributed by atoms with E-state index < -0.39 is 8.32 Å². The molecule has 1 rings (SSSR count). The molecule has 0 bridgehead atoms. The molecule has 0 unspecified atom stereocenters. The zero-order chi connectivity index (χ0) is 14.1. The molecule has 0 saturated carbocycles. The van der Waals surface area contributed by atoms with Gasteiger partial charge in [-0.25, -0.2) is 0 Å². The molecule has 5 heteroatoms. The summed E-state index contributed by atoms with van der Waals surface area (Å²) >= 11 is 1.80. The van der Waals surface area contributed by atoms with Gasteiger partial charge in [0.2, 0.25) is 5.91 Å². The van der Waals surface area contributed by atoms with E-state index in [9.17, 15) is 4.79 Å². The summed E-state index contributed by atoms with van der Waals surface area (Å²) in [5.74, 6) is 1.19. The molecular formula is C13H27NO2SSi. The summed E-state index contributed by atoms with van der Waals surface area (Å²) < 4.78 is 6.32. The van der Waals surface area contributed by atoms with Gasteiger partial charge in [0.15, 0.2) is 8.32 Å². The van der Waals surface area contributed by atoms with Crippen LogP contribution in [0.2, 0.25) is 18.1 Å². The van der Waals surface area contributed by atoms with Crippen LogP contribution in [0.5, 0.6) is 0 Å². The number of hydrogen-bond donors (Lipinski definition) is 1. The normalized spacial score (nSPS) is 26.5. The first-order valence-electron chi connectivity index (χ1n) is 6.70. The lowest BCUT2D eigenvalue weighted by Crippen LogP contribution is -2.62. The molecule has 0 spiro atoms. The molecule has 0 aliphatic carbocycles. The lowest BCUT2D eigenvalue weighted by molar-refractivity contribution is -0.136. The Kier molecular flexibility index (Phi) is 4.95. The van der Waals surface area contributed by atoms with E-state index in [2.05, 4.69) is 46.1 Å². The molecule has 0 aromatic heterocycles. The Morgan fingerprint density at radius 3 is 2.39 bits per heavy atom. The van der Waals surface area contributed by atoms with Gasteiger partial charge in [0.05, 0.1) is 17.4 Å². The topological polar surface area (TPSA) is 38.3 Å². The summed E-state index contributed by atoms with van der Waals surface area (Å²) in [4.78, 5) is 11.7. The molecule has 3 atom stereocenters. The van der Waals surface area contributed by atoms with Gasteiger partial charge in [-0.3, -0.25) is 4.79 Å². The Balaban J connectivity index is 2.65. The van der Waals surface area contributed by atoms with Gasteiger partial charge in [-0.2, -0.15) is 0 Å². The fraction of sp³-hybridized carbons (Fsp3) is 0.923. The molecule has 1 fully saturated rings. The Hall–Kier alpha value is -0.00312. The van der Waals surface area contributed by atoms with E-state index in [-0.39, 0.29) is 28.3 Å². The third-order valence-electron chi connectivity index (χ3n) is 4.05. The molecule has 0 aromatic carbocycles. The fourth-order valence-corrected chi connectivity index (χ4v) is 4.41. The van der Waals surface area contributed by atoms with Gasteiger partial charge in [0, 0.05) is 0 Å². The number of carbonyl (C=O) groups excluding carboxylic acids is 1. The number of rotatable bonds is 5. The number of carbonyl (C=O) groups is 1. The summed E-state index contributed by atoms with van der Waals surface area (Å²) in [5, 5.41) is 3.39. The second-order valence-electron chi connectivity index (χ2n) is 6.49. The van der Waals surface area contributed by atoms with E-state index in [1.54, 1.807) is 11.8 Å². The van der Waals surface area contributed by atoms with Gasteiger partial charge in [0.1, 0.15) is 0 Å². The number of amides is 1. The van der Waals surface area contributed by atoms with E-state index in [1.807, 2.05) is 6.92 Å². The molecule has 18 heavy (non-hydrogen) atoms. The summed E-state index contributed by atoms with van der Waals surface area (Å²) in [6, 6.07) is 0. The summed E-state index contributed by atoms with van der Waals surface area (Å²) in [6.45, 7) is 15.3. The van der Waals surface area contributed by atoms with Crippen molar-refractivity contribution in [3.05, 3.63) is 0 Å². The Bertz CT molecular complexity index is 315. The van der Waals surface area contributed by atoms with Crippen LogP contribution in [0.3, 0.4) is 0 Å². The van der Waals surface area contributed by atoms with Crippen molar-refractivity contribution in [3.63, 3.8) is 0 Å². The van der Waals surface area contributed by atoms with Gasteiger partial charge in [-0.1, -0.05) is 27.7 Å². The molecule has 1 aliphatic heterocycles.